The van der Waals surface area contributed by atoms with E-state index in [1.165, 1.54) is 0 Å². The molecule has 0 radical (unpaired) electrons. The predicted octanol–water partition coefficient (Wildman–Crippen LogP) is 3.76. The molecule has 4 nitrogen and oxygen atoms in total. The zero-order valence-corrected chi connectivity index (χ0v) is 13.1. The molecule has 0 bridgehead atoms. The van der Waals surface area contributed by atoms with Gasteiger partial charge in [0, 0.05) is 17.6 Å². The molecule has 12 heteroatoms. The molecule has 0 aromatic heterocycles. The van der Waals surface area contributed by atoms with Crippen molar-refractivity contribution in [3.63, 3.8) is 0 Å². The van der Waals surface area contributed by atoms with Gasteiger partial charge in [-0.3, -0.25) is 0 Å². The highest BCUT2D eigenvalue weighted by molar-refractivity contribution is 5.90. The lowest BCUT2D eigenvalue weighted by molar-refractivity contribution is -0.386. The second-order valence-corrected chi connectivity index (χ2v) is 5.96. The maximum absolute atomic E-state index is 13.6. The van der Waals surface area contributed by atoms with E-state index in [9.17, 15) is 44.7 Å². The van der Waals surface area contributed by atoms with Crippen LogP contribution in [0.5, 0.6) is 0 Å². The molecule has 0 rings (SSSR count). The zero-order valence-electron chi connectivity index (χ0n) is 13.1. The lowest BCUT2D eigenvalue weighted by Gasteiger charge is -2.41. The first-order chi connectivity index (χ1) is 10.8. The van der Waals surface area contributed by atoms with Gasteiger partial charge in [0.05, 0.1) is 0 Å². The van der Waals surface area contributed by atoms with E-state index >= 15 is 0 Å². The van der Waals surface area contributed by atoms with Gasteiger partial charge >= 0.3 is 35.6 Å². The summed E-state index contributed by atoms with van der Waals surface area (Å²) in [6.45, 7) is -1.32. The number of ether oxygens (including phenoxy) is 1. The molecule has 0 aliphatic heterocycles. The standard InChI is InChI=1S/C13H14F8O4/c1-9(2,3)11(16,17)13(20,21)12(18,19)10(14,15)6-25-8(24)5-4-7(22)23/h4-5H,6H2,1-3H3,(H,22,23)/b5-4+. The Labute approximate surface area is 136 Å². The molecule has 1 N–H and O–H groups in total. The molecule has 0 aromatic rings. The van der Waals surface area contributed by atoms with E-state index in [2.05, 4.69) is 4.74 Å². The summed E-state index contributed by atoms with van der Waals surface area (Å²) < 4.78 is 112. The van der Waals surface area contributed by atoms with E-state index in [1.807, 2.05) is 0 Å². The summed E-state index contributed by atoms with van der Waals surface area (Å²) in [6, 6.07) is 0. The number of carboxylic acid groups (broad SMARTS) is 1. The van der Waals surface area contributed by atoms with Crippen molar-refractivity contribution in [1.82, 2.24) is 0 Å². The molecule has 0 atom stereocenters. The van der Waals surface area contributed by atoms with Crippen LogP contribution in [-0.4, -0.2) is 47.3 Å². The molecule has 0 amide bonds. The average molecular weight is 386 g/mol. The van der Waals surface area contributed by atoms with E-state index in [-0.39, 0.29) is 12.2 Å². The van der Waals surface area contributed by atoms with Gasteiger partial charge in [0.25, 0.3) is 0 Å². The average Bonchev–Trinajstić information content (AvgIpc) is 2.41. The minimum Gasteiger partial charge on any atom is -0.478 e. The molecule has 0 heterocycles. The molecule has 0 saturated carbocycles. The molecule has 0 saturated heterocycles. The molecule has 0 aromatic carbocycles. The molecule has 0 aliphatic rings. The number of hydrogen-bond donors (Lipinski definition) is 1. The van der Waals surface area contributed by atoms with Crippen molar-refractivity contribution in [3.8, 4) is 0 Å². The van der Waals surface area contributed by atoms with Gasteiger partial charge in [-0.05, 0) is 0 Å². The summed E-state index contributed by atoms with van der Waals surface area (Å²) in [7, 11) is 0. The number of carbonyl (C=O) groups is 2. The SMILES string of the molecule is CC(C)(C)C(F)(F)C(F)(F)C(F)(F)C(F)(F)COC(=O)/C=C/C(=O)O. The van der Waals surface area contributed by atoms with E-state index in [0.29, 0.717) is 20.8 Å². The third kappa shape index (κ3) is 4.40. The number of alkyl halides is 8. The van der Waals surface area contributed by atoms with Crippen molar-refractivity contribution >= 4 is 11.9 Å². The van der Waals surface area contributed by atoms with Gasteiger partial charge in [-0.1, -0.05) is 20.8 Å². The van der Waals surface area contributed by atoms with Crippen LogP contribution < -0.4 is 0 Å². The quantitative estimate of drug-likeness (QED) is 0.411. The molecule has 25 heavy (non-hydrogen) atoms. The Bertz CT molecular complexity index is 549. The summed E-state index contributed by atoms with van der Waals surface area (Å²) in [4.78, 5) is 20.9. The van der Waals surface area contributed by atoms with Gasteiger partial charge in [-0.2, -0.15) is 35.1 Å². The van der Waals surface area contributed by atoms with Crippen LogP contribution >= 0.6 is 0 Å². The molecule has 0 aliphatic carbocycles. The maximum atomic E-state index is 13.6. The van der Waals surface area contributed by atoms with Crippen molar-refractivity contribution in [1.29, 1.82) is 0 Å². The fraction of sp³-hybridized carbons (Fsp3) is 0.692. The third-order valence-electron chi connectivity index (χ3n) is 2.95. The Morgan fingerprint density at radius 3 is 1.64 bits per heavy atom. The lowest BCUT2D eigenvalue weighted by atomic mass is 9.81. The molecular formula is C13H14F8O4. The van der Waals surface area contributed by atoms with Crippen molar-refractivity contribution in [2.45, 2.75) is 44.5 Å². The number of hydrogen-bond acceptors (Lipinski definition) is 3. The van der Waals surface area contributed by atoms with Crippen molar-refractivity contribution in [2.24, 2.45) is 5.41 Å². The minimum atomic E-state index is -6.58. The second kappa shape index (κ2) is 6.79. The highest BCUT2D eigenvalue weighted by Gasteiger charge is 2.82. The predicted molar refractivity (Wildman–Crippen MR) is 67.0 cm³/mol. The Morgan fingerprint density at radius 1 is 0.840 bits per heavy atom. The molecule has 0 unspecified atom stereocenters. The summed E-state index contributed by atoms with van der Waals surface area (Å²) >= 11 is 0. The highest BCUT2D eigenvalue weighted by Crippen LogP contribution is 2.57. The number of esters is 1. The highest BCUT2D eigenvalue weighted by atomic mass is 19.4. The van der Waals surface area contributed by atoms with Gasteiger partial charge in [0.2, 0.25) is 0 Å². The Morgan fingerprint density at radius 2 is 1.28 bits per heavy atom. The molecule has 0 fully saturated rings. The van der Waals surface area contributed by atoms with Crippen LogP contribution in [0.1, 0.15) is 20.8 Å². The number of aliphatic carboxylic acids is 1. The van der Waals surface area contributed by atoms with Gasteiger partial charge in [-0.15, -0.1) is 0 Å². The van der Waals surface area contributed by atoms with Crippen LogP contribution in [0.15, 0.2) is 12.2 Å². The van der Waals surface area contributed by atoms with Gasteiger partial charge in [-0.25, -0.2) is 9.59 Å². The van der Waals surface area contributed by atoms with Crippen LogP contribution in [0.2, 0.25) is 0 Å². The Balaban J connectivity index is 5.53. The normalized spacial score (nSPS) is 14.7. The zero-order chi connectivity index (χ0) is 20.5. The number of carboxylic acids is 1. The first-order valence-corrected chi connectivity index (χ1v) is 6.40. The Kier molecular flexibility index (Phi) is 6.28. The van der Waals surface area contributed by atoms with Crippen LogP contribution in [0.3, 0.4) is 0 Å². The van der Waals surface area contributed by atoms with Crippen molar-refractivity contribution in [2.75, 3.05) is 6.61 Å². The maximum Gasteiger partial charge on any atom is 0.381 e. The summed E-state index contributed by atoms with van der Waals surface area (Å²) in [5.41, 5.74) is -2.79. The van der Waals surface area contributed by atoms with Crippen LogP contribution in [0.4, 0.5) is 35.1 Å². The third-order valence-corrected chi connectivity index (χ3v) is 2.95. The fourth-order valence-corrected chi connectivity index (χ4v) is 1.34. The summed E-state index contributed by atoms with van der Waals surface area (Å²) in [5, 5.41) is 8.15. The van der Waals surface area contributed by atoms with E-state index in [1.54, 1.807) is 0 Å². The fourth-order valence-electron chi connectivity index (χ4n) is 1.34. The first kappa shape index (κ1) is 23.1. The van der Waals surface area contributed by atoms with Crippen LogP contribution in [0.25, 0.3) is 0 Å². The van der Waals surface area contributed by atoms with Crippen LogP contribution in [0, 0.1) is 5.41 Å². The molecular weight excluding hydrogens is 372 g/mol. The van der Waals surface area contributed by atoms with E-state index < -0.39 is 47.7 Å². The van der Waals surface area contributed by atoms with E-state index in [0.717, 1.165) is 0 Å². The van der Waals surface area contributed by atoms with Crippen molar-refractivity contribution in [3.05, 3.63) is 12.2 Å². The Hall–Kier alpha value is -1.88. The molecule has 146 valence electrons. The lowest BCUT2D eigenvalue weighted by Crippen LogP contribution is -2.66. The monoisotopic (exact) mass is 386 g/mol. The number of rotatable bonds is 7. The summed E-state index contributed by atoms with van der Waals surface area (Å²) in [6.07, 6.45) is 0.138. The van der Waals surface area contributed by atoms with Gasteiger partial charge in [0.1, 0.15) is 0 Å². The first-order valence-electron chi connectivity index (χ1n) is 6.40. The summed E-state index contributed by atoms with van der Waals surface area (Å²) in [5.74, 6) is -28.1. The second-order valence-electron chi connectivity index (χ2n) is 5.96. The largest absolute Gasteiger partial charge is 0.478 e. The van der Waals surface area contributed by atoms with Crippen molar-refractivity contribution < 1.29 is 54.6 Å². The smallest absolute Gasteiger partial charge is 0.381 e. The topological polar surface area (TPSA) is 63.6 Å². The minimum absolute atomic E-state index is 0.0401. The van der Waals surface area contributed by atoms with Gasteiger partial charge in [0.15, 0.2) is 6.61 Å². The molecule has 0 spiro atoms. The van der Waals surface area contributed by atoms with Crippen LogP contribution in [-0.2, 0) is 14.3 Å². The number of carbonyl (C=O) groups excluding carboxylic acids is 1. The number of halogens is 8. The van der Waals surface area contributed by atoms with Gasteiger partial charge < -0.3 is 9.84 Å². The van der Waals surface area contributed by atoms with E-state index in [4.69, 9.17) is 5.11 Å².